The van der Waals surface area contributed by atoms with Gasteiger partial charge in [0.15, 0.2) is 11.5 Å². The van der Waals surface area contributed by atoms with Crippen molar-refractivity contribution in [2.45, 2.75) is 25.2 Å². The van der Waals surface area contributed by atoms with Gasteiger partial charge < -0.3 is 29.7 Å². The van der Waals surface area contributed by atoms with Crippen LogP contribution in [0.2, 0.25) is 0 Å². The number of halogens is 3. The van der Waals surface area contributed by atoms with E-state index in [0.29, 0.717) is 17.1 Å². The number of ether oxygens (including phenoxy) is 3. The maximum absolute atomic E-state index is 13.8. The summed E-state index contributed by atoms with van der Waals surface area (Å²) in [6.07, 6.45) is -4.71. The lowest BCUT2D eigenvalue weighted by atomic mass is 10.1. The molecule has 0 aliphatic carbocycles. The van der Waals surface area contributed by atoms with Crippen LogP contribution in [0.25, 0.3) is 10.6 Å². The number of phosphoric ester groups is 1. The number of benzene rings is 2. The molecule has 1 aliphatic rings. The van der Waals surface area contributed by atoms with Gasteiger partial charge in [-0.15, -0.1) is 10.2 Å². The number of hydrogen-bond acceptors (Lipinski definition) is 9. The van der Waals surface area contributed by atoms with Gasteiger partial charge in [-0.1, -0.05) is 17.4 Å². The van der Waals surface area contributed by atoms with Gasteiger partial charge in [-0.05, 0) is 42.8 Å². The molecule has 4 rings (SSSR count). The molecule has 3 aromatic rings. The lowest BCUT2D eigenvalue weighted by Crippen LogP contribution is -2.37. The average Bonchev–Trinajstić information content (AvgIpc) is 3.45. The summed E-state index contributed by atoms with van der Waals surface area (Å²) < 4.78 is 72.7. The van der Waals surface area contributed by atoms with Gasteiger partial charge >= 0.3 is 14.0 Å². The van der Waals surface area contributed by atoms with E-state index >= 15 is 0 Å². The predicted octanol–water partition coefficient (Wildman–Crippen LogP) is 3.81. The highest BCUT2D eigenvalue weighted by atomic mass is 32.1. The van der Waals surface area contributed by atoms with Crippen LogP contribution in [0.3, 0.4) is 0 Å². The van der Waals surface area contributed by atoms with Gasteiger partial charge in [0.2, 0.25) is 6.79 Å². The summed E-state index contributed by atoms with van der Waals surface area (Å²) in [7, 11) is -4.77. The van der Waals surface area contributed by atoms with Crippen LogP contribution in [-0.4, -0.2) is 33.4 Å². The molecule has 188 valence electrons. The first kappa shape index (κ1) is 25.4. The molecular weight excluding hydrogens is 514 g/mol. The summed E-state index contributed by atoms with van der Waals surface area (Å²) in [5.74, 6) is 0.664. The maximum atomic E-state index is 13.8. The van der Waals surface area contributed by atoms with Gasteiger partial charge in [0.05, 0.1) is 17.7 Å². The molecule has 0 radical (unpaired) electrons. The van der Waals surface area contributed by atoms with Crippen LogP contribution in [0.15, 0.2) is 36.4 Å². The summed E-state index contributed by atoms with van der Waals surface area (Å²) in [6.45, 7) is 0.771. The quantitative estimate of drug-likeness (QED) is 0.365. The van der Waals surface area contributed by atoms with E-state index in [4.69, 9.17) is 29.7 Å². The van der Waals surface area contributed by atoms with Gasteiger partial charge in [0.1, 0.15) is 22.4 Å². The second-order valence-electron chi connectivity index (χ2n) is 7.78. The third kappa shape index (κ3) is 6.10. The Balaban J connectivity index is 1.55. The summed E-state index contributed by atoms with van der Waals surface area (Å²) >= 11 is 0.876. The smallest absolute Gasteiger partial charge is 0.469 e. The Kier molecular flexibility index (Phi) is 6.79. The van der Waals surface area contributed by atoms with Gasteiger partial charge in [0.25, 0.3) is 0 Å². The van der Waals surface area contributed by atoms with Crippen LogP contribution in [-0.2, 0) is 27.4 Å². The molecular formula is C20H19F3N3O7PS. The number of rotatable bonds is 8. The van der Waals surface area contributed by atoms with Crippen molar-refractivity contribution in [1.82, 2.24) is 10.2 Å². The highest BCUT2D eigenvalue weighted by Gasteiger charge is 2.36. The van der Waals surface area contributed by atoms with Gasteiger partial charge in [-0.25, -0.2) is 4.57 Å². The SMILES string of the molecule is C[C@](N)(COP(=O)(O)O)c1nnc(-c2ccc(OCc3ccc4c(c3)OCO4)c(C(F)(F)F)c2)s1. The molecule has 1 aliphatic heterocycles. The fourth-order valence-electron chi connectivity index (χ4n) is 3.05. The molecule has 15 heteroatoms. The third-order valence-electron chi connectivity index (χ3n) is 4.81. The van der Waals surface area contributed by atoms with E-state index in [1.54, 1.807) is 18.2 Å². The summed E-state index contributed by atoms with van der Waals surface area (Å²) in [6, 6.07) is 8.42. The maximum Gasteiger partial charge on any atom is 0.469 e. The molecule has 1 aromatic heterocycles. The minimum absolute atomic E-state index is 0.0761. The van der Waals surface area contributed by atoms with Crippen molar-refractivity contribution >= 4 is 19.2 Å². The predicted molar refractivity (Wildman–Crippen MR) is 117 cm³/mol. The minimum Gasteiger partial charge on any atom is -0.488 e. The molecule has 0 fully saturated rings. The molecule has 0 spiro atoms. The van der Waals surface area contributed by atoms with Crippen LogP contribution < -0.4 is 19.9 Å². The molecule has 0 bridgehead atoms. The fourth-order valence-corrected chi connectivity index (χ4v) is 4.37. The number of hydrogen-bond donors (Lipinski definition) is 3. The Bertz CT molecular complexity index is 1280. The lowest BCUT2D eigenvalue weighted by Gasteiger charge is -2.21. The zero-order valence-electron chi connectivity index (χ0n) is 18.0. The summed E-state index contributed by atoms with van der Waals surface area (Å²) in [4.78, 5) is 17.7. The number of alkyl halides is 3. The van der Waals surface area contributed by atoms with Crippen molar-refractivity contribution in [3.63, 3.8) is 0 Å². The van der Waals surface area contributed by atoms with Crippen LogP contribution >= 0.6 is 19.2 Å². The molecule has 2 heterocycles. The second-order valence-corrected chi connectivity index (χ2v) is 10.00. The van der Waals surface area contributed by atoms with Crippen LogP contribution in [0, 0.1) is 0 Å². The van der Waals surface area contributed by atoms with Crippen molar-refractivity contribution in [2.24, 2.45) is 5.73 Å². The van der Waals surface area contributed by atoms with E-state index in [1.807, 2.05) is 0 Å². The van der Waals surface area contributed by atoms with E-state index in [-0.39, 0.29) is 34.7 Å². The van der Waals surface area contributed by atoms with Gasteiger partial charge in [0, 0.05) is 5.56 Å². The Hall–Kier alpha value is -2.74. The van der Waals surface area contributed by atoms with E-state index < -0.39 is 31.7 Å². The summed E-state index contributed by atoms with van der Waals surface area (Å²) in [5, 5.41) is 7.99. The van der Waals surface area contributed by atoms with Crippen molar-refractivity contribution in [3.05, 3.63) is 52.5 Å². The first-order valence-electron chi connectivity index (χ1n) is 9.88. The third-order valence-corrected chi connectivity index (χ3v) is 6.53. The number of nitrogens with zero attached hydrogens (tertiary/aromatic N) is 2. The van der Waals surface area contributed by atoms with Crippen molar-refractivity contribution in [3.8, 4) is 27.8 Å². The number of fused-ring (bicyclic) bond motifs is 1. The fraction of sp³-hybridized carbons (Fsp3) is 0.300. The zero-order valence-corrected chi connectivity index (χ0v) is 19.7. The molecule has 35 heavy (non-hydrogen) atoms. The molecule has 1 atom stereocenters. The van der Waals surface area contributed by atoms with Gasteiger partial charge in [-0.2, -0.15) is 13.2 Å². The van der Waals surface area contributed by atoms with Crippen molar-refractivity contribution in [2.75, 3.05) is 13.4 Å². The minimum atomic E-state index is -4.77. The van der Waals surface area contributed by atoms with Crippen molar-refractivity contribution in [1.29, 1.82) is 0 Å². The molecule has 0 saturated heterocycles. The van der Waals surface area contributed by atoms with E-state index in [1.165, 1.54) is 19.1 Å². The Morgan fingerprint density at radius 2 is 1.89 bits per heavy atom. The number of aromatic nitrogens is 2. The normalized spacial score (nSPS) is 15.2. The second kappa shape index (κ2) is 9.37. The molecule has 0 saturated carbocycles. The first-order valence-corrected chi connectivity index (χ1v) is 12.2. The monoisotopic (exact) mass is 533 g/mol. The van der Waals surface area contributed by atoms with Crippen LogP contribution in [0.1, 0.15) is 23.1 Å². The largest absolute Gasteiger partial charge is 0.488 e. The topological polar surface area (TPSA) is 146 Å². The molecule has 10 nitrogen and oxygen atoms in total. The van der Waals surface area contributed by atoms with E-state index in [2.05, 4.69) is 14.7 Å². The first-order chi connectivity index (χ1) is 16.3. The molecule has 0 unspecified atom stereocenters. The average molecular weight is 533 g/mol. The molecule has 0 amide bonds. The molecule has 4 N–H and O–H groups in total. The molecule has 2 aromatic carbocycles. The summed E-state index contributed by atoms with van der Waals surface area (Å²) in [5.41, 5.74) is 4.28. The number of phosphoric acid groups is 1. The van der Waals surface area contributed by atoms with Gasteiger partial charge in [-0.3, -0.25) is 4.52 Å². The zero-order chi connectivity index (χ0) is 25.4. The highest BCUT2D eigenvalue weighted by Crippen LogP contribution is 2.41. The number of nitrogens with two attached hydrogens (primary N) is 1. The Morgan fingerprint density at radius 1 is 1.14 bits per heavy atom. The van der Waals surface area contributed by atoms with E-state index in [9.17, 15) is 17.7 Å². The standard InChI is InChI=1S/C20H19F3N3O7PS/c1-19(24,9-33-34(27,28)29)18-26-25-17(35-18)12-3-5-14(13(7-12)20(21,22)23)30-8-11-2-4-15-16(6-11)32-10-31-15/h2-7H,8-10,24H2,1H3,(H2,27,28,29)/t19-/m0/s1. The Labute approximate surface area is 200 Å². The van der Waals surface area contributed by atoms with Crippen molar-refractivity contribution < 1.29 is 46.3 Å². The lowest BCUT2D eigenvalue weighted by molar-refractivity contribution is -0.139. The van der Waals surface area contributed by atoms with E-state index in [0.717, 1.165) is 17.4 Å². The highest BCUT2D eigenvalue weighted by molar-refractivity contribution is 7.46. The van der Waals surface area contributed by atoms with Crippen LogP contribution in [0.4, 0.5) is 13.2 Å². The Morgan fingerprint density at radius 3 is 2.60 bits per heavy atom. The van der Waals surface area contributed by atoms with Crippen LogP contribution in [0.5, 0.6) is 17.2 Å².